The van der Waals surface area contributed by atoms with E-state index in [1.165, 1.54) is 30.0 Å². The number of rotatable bonds is 4. The van der Waals surface area contributed by atoms with Crippen LogP contribution in [0.2, 0.25) is 0 Å². The Balaban J connectivity index is 1.31. The van der Waals surface area contributed by atoms with Crippen LogP contribution >= 0.6 is 0 Å². The standard InChI is InChI=1S/C22H21F2N7O2/c1-25-21(32)15-4-5-16(20(24)27-15)30-8-6-29(7-9-30)11-13-2-3-14-17-10-26-12-31(17)22(33)28-19(14)18(13)23/h2-5,10,12H,6-9,11H2,1H3,(H,25,32)(H,28,33). The largest absolute Gasteiger partial charge is 0.365 e. The molecule has 1 amide bonds. The number of carbonyl (C=O) groups excluding carboxylic acids is 1. The van der Waals surface area contributed by atoms with Crippen molar-refractivity contribution in [3.8, 4) is 0 Å². The van der Waals surface area contributed by atoms with Crippen LogP contribution in [0.4, 0.5) is 14.5 Å². The van der Waals surface area contributed by atoms with Crippen molar-refractivity contribution in [2.75, 3.05) is 38.1 Å². The molecule has 2 N–H and O–H groups in total. The van der Waals surface area contributed by atoms with Crippen LogP contribution in [-0.4, -0.2) is 63.4 Å². The molecule has 0 bridgehead atoms. The van der Waals surface area contributed by atoms with Gasteiger partial charge in [0, 0.05) is 50.7 Å². The van der Waals surface area contributed by atoms with Gasteiger partial charge in [-0.15, -0.1) is 0 Å². The van der Waals surface area contributed by atoms with Gasteiger partial charge >= 0.3 is 5.69 Å². The highest BCUT2D eigenvalue weighted by atomic mass is 19.1. The molecule has 1 aliphatic rings. The second-order valence-electron chi connectivity index (χ2n) is 7.89. The van der Waals surface area contributed by atoms with Crippen LogP contribution in [0.25, 0.3) is 16.4 Å². The Morgan fingerprint density at radius 2 is 1.94 bits per heavy atom. The van der Waals surface area contributed by atoms with Gasteiger partial charge in [-0.3, -0.25) is 14.1 Å². The first kappa shape index (κ1) is 21.0. The predicted octanol–water partition coefficient (Wildman–Crippen LogP) is 1.53. The number of anilines is 1. The number of imidazole rings is 1. The van der Waals surface area contributed by atoms with Gasteiger partial charge in [0.1, 0.15) is 12.0 Å². The second-order valence-corrected chi connectivity index (χ2v) is 7.89. The highest BCUT2D eigenvalue weighted by molar-refractivity contribution is 5.93. The normalized spacial score (nSPS) is 14.8. The summed E-state index contributed by atoms with van der Waals surface area (Å²) in [6.45, 7) is 2.60. The third kappa shape index (κ3) is 3.69. The molecule has 1 aliphatic heterocycles. The molecule has 5 rings (SSSR count). The van der Waals surface area contributed by atoms with E-state index in [0.29, 0.717) is 54.9 Å². The lowest BCUT2D eigenvalue weighted by molar-refractivity contribution is 0.0957. The fourth-order valence-corrected chi connectivity index (χ4v) is 4.21. The van der Waals surface area contributed by atoms with Crippen LogP contribution in [0, 0.1) is 11.8 Å². The summed E-state index contributed by atoms with van der Waals surface area (Å²) in [5.74, 6) is -1.60. The van der Waals surface area contributed by atoms with E-state index in [-0.39, 0.29) is 11.2 Å². The molecule has 11 heteroatoms. The molecule has 9 nitrogen and oxygen atoms in total. The fraction of sp³-hybridized carbons (Fsp3) is 0.273. The smallest absolute Gasteiger partial charge is 0.331 e. The molecular formula is C22H21F2N7O2. The molecule has 1 fully saturated rings. The molecule has 170 valence electrons. The zero-order chi connectivity index (χ0) is 23.1. The molecule has 0 unspecified atom stereocenters. The number of nitrogens with one attached hydrogen (secondary N) is 2. The monoisotopic (exact) mass is 453 g/mol. The third-order valence-electron chi connectivity index (χ3n) is 5.98. The summed E-state index contributed by atoms with van der Waals surface area (Å²) in [6.07, 6.45) is 2.93. The maximum absolute atomic E-state index is 15.2. The van der Waals surface area contributed by atoms with E-state index in [1.54, 1.807) is 18.2 Å². The topological polar surface area (TPSA) is 98.6 Å². The Morgan fingerprint density at radius 1 is 1.15 bits per heavy atom. The molecule has 33 heavy (non-hydrogen) atoms. The Morgan fingerprint density at radius 3 is 2.67 bits per heavy atom. The SMILES string of the molecule is CNC(=O)c1ccc(N2CCN(Cc3ccc4c([nH]c(=O)n5cncc45)c3F)CC2)c(F)n1. The molecular weight excluding hydrogens is 432 g/mol. The zero-order valence-electron chi connectivity index (χ0n) is 17.8. The van der Waals surface area contributed by atoms with Crippen LogP contribution in [0.5, 0.6) is 0 Å². The molecule has 0 radical (unpaired) electrons. The maximum atomic E-state index is 15.2. The van der Waals surface area contributed by atoms with Crippen LogP contribution < -0.4 is 15.9 Å². The first-order valence-electron chi connectivity index (χ1n) is 10.5. The molecule has 0 saturated carbocycles. The van der Waals surface area contributed by atoms with Crippen molar-refractivity contribution in [2.24, 2.45) is 0 Å². The summed E-state index contributed by atoms with van der Waals surface area (Å²) in [7, 11) is 1.46. The van der Waals surface area contributed by atoms with Crippen LogP contribution in [0.3, 0.4) is 0 Å². The number of halogens is 2. The van der Waals surface area contributed by atoms with Crippen molar-refractivity contribution in [3.63, 3.8) is 0 Å². The summed E-state index contributed by atoms with van der Waals surface area (Å²) in [6, 6.07) is 6.55. The van der Waals surface area contributed by atoms with Crippen molar-refractivity contribution in [1.29, 1.82) is 0 Å². The van der Waals surface area contributed by atoms with Gasteiger partial charge in [0.15, 0.2) is 5.82 Å². The number of piperazine rings is 1. The van der Waals surface area contributed by atoms with Gasteiger partial charge in [0.05, 0.1) is 22.9 Å². The molecule has 3 aromatic heterocycles. The van der Waals surface area contributed by atoms with Gasteiger partial charge in [0.25, 0.3) is 5.91 Å². The predicted molar refractivity (Wildman–Crippen MR) is 118 cm³/mol. The van der Waals surface area contributed by atoms with Crippen molar-refractivity contribution < 1.29 is 13.6 Å². The number of carbonyl (C=O) groups is 1. The quantitative estimate of drug-likeness (QED) is 0.455. The van der Waals surface area contributed by atoms with Crippen molar-refractivity contribution >= 4 is 28.0 Å². The first-order valence-corrected chi connectivity index (χ1v) is 10.5. The zero-order valence-corrected chi connectivity index (χ0v) is 17.8. The number of hydrogen-bond acceptors (Lipinski definition) is 6. The average Bonchev–Trinajstić information content (AvgIpc) is 3.32. The van der Waals surface area contributed by atoms with Crippen molar-refractivity contribution in [1.82, 2.24) is 29.6 Å². The molecule has 1 saturated heterocycles. The van der Waals surface area contributed by atoms with E-state index < -0.39 is 23.4 Å². The van der Waals surface area contributed by atoms with Crippen LogP contribution in [0.15, 0.2) is 41.6 Å². The number of nitrogens with zero attached hydrogens (tertiary/aromatic N) is 5. The molecule has 0 atom stereocenters. The number of aromatic nitrogens is 4. The summed E-state index contributed by atoms with van der Waals surface area (Å²) in [5.41, 5.74) is 1.09. The van der Waals surface area contributed by atoms with Gasteiger partial charge in [-0.2, -0.15) is 4.39 Å². The lowest BCUT2D eigenvalue weighted by Gasteiger charge is -2.36. The number of hydrogen-bond donors (Lipinski definition) is 2. The molecule has 0 spiro atoms. The van der Waals surface area contributed by atoms with E-state index in [2.05, 4.69) is 25.2 Å². The van der Waals surface area contributed by atoms with Gasteiger partial charge in [-0.25, -0.2) is 19.2 Å². The Bertz CT molecular complexity index is 1420. The minimum absolute atomic E-state index is 0.0235. The maximum Gasteiger partial charge on any atom is 0.331 e. The second kappa shape index (κ2) is 8.24. The van der Waals surface area contributed by atoms with E-state index in [1.807, 2.05) is 4.90 Å². The van der Waals surface area contributed by atoms with E-state index in [9.17, 15) is 14.0 Å². The lowest BCUT2D eigenvalue weighted by Crippen LogP contribution is -2.46. The van der Waals surface area contributed by atoms with E-state index in [0.717, 1.165) is 0 Å². The number of fused-ring (bicyclic) bond motifs is 3. The minimum Gasteiger partial charge on any atom is -0.365 e. The number of aromatic amines is 1. The van der Waals surface area contributed by atoms with E-state index >= 15 is 4.39 Å². The van der Waals surface area contributed by atoms with Gasteiger partial charge < -0.3 is 15.2 Å². The minimum atomic E-state index is -0.694. The summed E-state index contributed by atoms with van der Waals surface area (Å²) in [5, 5.41) is 3.00. The Labute approximate surface area is 186 Å². The van der Waals surface area contributed by atoms with Gasteiger partial charge in [-0.05, 0) is 12.1 Å². The highest BCUT2D eigenvalue weighted by Crippen LogP contribution is 2.24. The Hall–Kier alpha value is -3.86. The molecule has 1 aromatic carbocycles. The third-order valence-corrected chi connectivity index (χ3v) is 5.98. The highest BCUT2D eigenvalue weighted by Gasteiger charge is 2.22. The molecule has 4 aromatic rings. The number of benzene rings is 1. The average molecular weight is 453 g/mol. The van der Waals surface area contributed by atoms with Crippen LogP contribution in [0.1, 0.15) is 16.1 Å². The number of H-pyrrole nitrogens is 1. The summed E-state index contributed by atoms with van der Waals surface area (Å²) in [4.78, 5) is 38.1. The number of amides is 1. The lowest BCUT2D eigenvalue weighted by atomic mass is 10.1. The Kier molecular flexibility index (Phi) is 5.25. The fourth-order valence-electron chi connectivity index (χ4n) is 4.21. The molecule has 0 aliphatic carbocycles. The molecule has 4 heterocycles. The van der Waals surface area contributed by atoms with Crippen LogP contribution in [-0.2, 0) is 6.54 Å². The van der Waals surface area contributed by atoms with Gasteiger partial charge in [-0.1, -0.05) is 12.1 Å². The van der Waals surface area contributed by atoms with Crippen molar-refractivity contribution in [3.05, 3.63) is 70.3 Å². The number of pyridine rings is 1. The van der Waals surface area contributed by atoms with E-state index in [4.69, 9.17) is 0 Å². The summed E-state index contributed by atoms with van der Waals surface area (Å²) >= 11 is 0. The summed E-state index contributed by atoms with van der Waals surface area (Å²) < 4.78 is 31.0. The van der Waals surface area contributed by atoms with Crippen molar-refractivity contribution in [2.45, 2.75) is 6.54 Å². The first-order chi connectivity index (χ1) is 16.0. The van der Waals surface area contributed by atoms with Gasteiger partial charge in [0.2, 0.25) is 5.95 Å².